The van der Waals surface area contributed by atoms with Crippen LogP contribution < -0.4 is 11.2 Å². The predicted molar refractivity (Wildman–Crippen MR) is 130 cm³/mol. The molecule has 4 aromatic rings. The Morgan fingerprint density at radius 3 is 2.46 bits per heavy atom. The van der Waals surface area contributed by atoms with Crippen LogP contribution in [0.3, 0.4) is 0 Å². The van der Waals surface area contributed by atoms with E-state index in [1.165, 1.54) is 18.2 Å². The number of aromatic nitrogens is 2. The largest absolute Gasteiger partial charge is 0.508 e. The molecule has 0 unspecified atom stereocenters. The molecule has 0 bridgehead atoms. The molecular weight excluding hydrogens is 520 g/mol. The fraction of sp³-hybridized carbons (Fsp3) is 0.0417. The molecule has 1 aliphatic rings. The summed E-state index contributed by atoms with van der Waals surface area (Å²) >= 11 is 3.36. The van der Waals surface area contributed by atoms with E-state index in [4.69, 9.17) is 0 Å². The lowest BCUT2D eigenvalue weighted by Gasteiger charge is -2.23. The highest BCUT2D eigenvalue weighted by Gasteiger charge is 2.33. The third-order valence-electron chi connectivity index (χ3n) is 5.63. The number of hydrazone groups is 1. The van der Waals surface area contributed by atoms with Gasteiger partial charge >= 0.3 is 5.69 Å². The maximum Gasteiger partial charge on any atom is 0.335 e. The second kappa shape index (κ2) is 8.06. The average molecular weight is 535 g/mol. The molecule has 1 aliphatic heterocycles. The minimum atomic E-state index is -0.960. The van der Waals surface area contributed by atoms with E-state index in [2.05, 4.69) is 26.0 Å². The standard InChI is InChI=1S/C24H15BrN4O6/c1-11-7-13(5-6-18(11)25)28-21(32)17(20(31)27-24(28)35)10-26-29-22(33)15-4-2-3-12-8-14(30)9-16(19(12)15)23(29)34/h2-10,30,32H,1H3,(H,27,31,35)/b26-10+. The summed E-state index contributed by atoms with van der Waals surface area (Å²) in [6.07, 6.45) is 0.833. The molecular formula is C24H15BrN4O6. The van der Waals surface area contributed by atoms with Gasteiger partial charge in [-0.2, -0.15) is 10.1 Å². The molecule has 0 saturated carbocycles. The number of aryl methyl sites for hydroxylation is 1. The van der Waals surface area contributed by atoms with Crippen LogP contribution in [0.4, 0.5) is 0 Å². The minimum absolute atomic E-state index is 0.0563. The molecule has 0 atom stereocenters. The van der Waals surface area contributed by atoms with Crippen LogP contribution in [0, 0.1) is 6.92 Å². The summed E-state index contributed by atoms with van der Waals surface area (Å²) in [6, 6.07) is 12.3. The first-order valence-electron chi connectivity index (χ1n) is 10.2. The van der Waals surface area contributed by atoms with Crippen molar-refractivity contribution in [2.75, 3.05) is 0 Å². The lowest BCUT2D eigenvalue weighted by atomic mass is 9.94. The van der Waals surface area contributed by atoms with Crippen molar-refractivity contribution < 1.29 is 19.8 Å². The number of nitrogens with one attached hydrogen (secondary N) is 1. The first-order valence-corrected chi connectivity index (χ1v) is 11.0. The number of hydrogen-bond acceptors (Lipinski definition) is 7. The van der Waals surface area contributed by atoms with E-state index in [-0.39, 0.29) is 22.6 Å². The van der Waals surface area contributed by atoms with E-state index >= 15 is 0 Å². The average Bonchev–Trinajstić information content (AvgIpc) is 2.80. The monoisotopic (exact) mass is 534 g/mol. The molecule has 11 heteroatoms. The lowest BCUT2D eigenvalue weighted by Crippen LogP contribution is -2.37. The Labute approximate surface area is 204 Å². The van der Waals surface area contributed by atoms with E-state index in [1.807, 2.05) is 0 Å². The summed E-state index contributed by atoms with van der Waals surface area (Å²) in [5, 5.41) is 26.1. The smallest absolute Gasteiger partial charge is 0.335 e. The first kappa shape index (κ1) is 22.3. The molecule has 5 rings (SSSR count). The van der Waals surface area contributed by atoms with Crippen molar-refractivity contribution in [2.45, 2.75) is 6.92 Å². The number of H-pyrrole nitrogens is 1. The van der Waals surface area contributed by atoms with Crippen LogP contribution in [-0.4, -0.2) is 42.8 Å². The fourth-order valence-electron chi connectivity index (χ4n) is 3.96. The zero-order valence-electron chi connectivity index (χ0n) is 17.9. The molecule has 3 aromatic carbocycles. The quantitative estimate of drug-likeness (QED) is 0.272. The molecule has 35 heavy (non-hydrogen) atoms. The summed E-state index contributed by atoms with van der Waals surface area (Å²) < 4.78 is 1.65. The number of aromatic amines is 1. The number of nitrogens with zero attached hydrogens (tertiary/aromatic N) is 3. The Hall–Kier alpha value is -4.51. The molecule has 2 amide bonds. The first-order chi connectivity index (χ1) is 16.7. The van der Waals surface area contributed by atoms with Gasteiger partial charge in [0.05, 0.1) is 23.0 Å². The van der Waals surface area contributed by atoms with Crippen molar-refractivity contribution >= 4 is 44.7 Å². The summed E-state index contributed by atoms with van der Waals surface area (Å²) in [5.41, 5.74) is -0.990. The van der Waals surface area contributed by atoms with E-state index in [9.17, 15) is 29.4 Å². The van der Waals surface area contributed by atoms with Crippen molar-refractivity contribution in [1.82, 2.24) is 14.6 Å². The normalized spacial score (nSPS) is 13.3. The van der Waals surface area contributed by atoms with Crippen LogP contribution >= 0.6 is 15.9 Å². The van der Waals surface area contributed by atoms with Crippen LogP contribution in [0.25, 0.3) is 16.5 Å². The number of halogens is 1. The van der Waals surface area contributed by atoms with E-state index in [0.29, 0.717) is 15.8 Å². The SMILES string of the molecule is Cc1cc(-n2c(O)c(/C=N/N3C(=O)c4cccc5cc(O)cc(c45)C3=O)c(=O)[nH]c2=O)ccc1Br. The number of amides is 2. The number of rotatable bonds is 3. The van der Waals surface area contributed by atoms with Gasteiger partial charge in [0, 0.05) is 9.86 Å². The summed E-state index contributed by atoms with van der Waals surface area (Å²) in [4.78, 5) is 53.1. The highest BCUT2D eigenvalue weighted by atomic mass is 79.9. The van der Waals surface area contributed by atoms with Gasteiger partial charge in [0.15, 0.2) is 0 Å². The maximum absolute atomic E-state index is 13.0. The molecule has 0 spiro atoms. The van der Waals surface area contributed by atoms with Gasteiger partial charge in [-0.3, -0.25) is 19.4 Å². The van der Waals surface area contributed by atoms with Crippen LogP contribution in [0.15, 0.2) is 67.7 Å². The number of benzene rings is 3. The maximum atomic E-state index is 13.0. The zero-order chi connectivity index (χ0) is 25.0. The highest BCUT2D eigenvalue weighted by molar-refractivity contribution is 9.10. The molecule has 3 N–H and O–H groups in total. The van der Waals surface area contributed by atoms with Gasteiger partial charge in [0.25, 0.3) is 17.4 Å². The predicted octanol–water partition coefficient (Wildman–Crippen LogP) is 2.79. The van der Waals surface area contributed by atoms with Crippen molar-refractivity contribution in [2.24, 2.45) is 5.10 Å². The van der Waals surface area contributed by atoms with Gasteiger partial charge in [0.2, 0.25) is 5.88 Å². The third-order valence-corrected chi connectivity index (χ3v) is 6.52. The number of carbonyl (C=O) groups is 2. The second-order valence-electron chi connectivity index (χ2n) is 7.83. The topological polar surface area (TPSA) is 145 Å². The van der Waals surface area contributed by atoms with Gasteiger partial charge in [-0.1, -0.05) is 28.1 Å². The van der Waals surface area contributed by atoms with Gasteiger partial charge in [-0.05, 0) is 54.3 Å². The Bertz CT molecular complexity index is 1740. The molecule has 0 radical (unpaired) electrons. The van der Waals surface area contributed by atoms with Crippen molar-refractivity contribution in [1.29, 1.82) is 0 Å². The number of imide groups is 1. The van der Waals surface area contributed by atoms with Crippen molar-refractivity contribution in [3.05, 3.63) is 96.1 Å². The van der Waals surface area contributed by atoms with E-state index in [0.717, 1.165) is 20.8 Å². The van der Waals surface area contributed by atoms with Crippen molar-refractivity contribution in [3.63, 3.8) is 0 Å². The summed E-state index contributed by atoms with van der Waals surface area (Å²) in [5.74, 6) is -2.45. The van der Waals surface area contributed by atoms with Crippen LogP contribution in [0.5, 0.6) is 11.6 Å². The third kappa shape index (κ3) is 3.53. The molecule has 10 nitrogen and oxygen atoms in total. The molecule has 0 aliphatic carbocycles. The Kier molecular flexibility index (Phi) is 5.13. The Morgan fingerprint density at radius 1 is 0.971 bits per heavy atom. The molecule has 2 heterocycles. The molecule has 1 aromatic heterocycles. The van der Waals surface area contributed by atoms with Gasteiger partial charge in [0.1, 0.15) is 11.3 Å². The fourth-order valence-corrected chi connectivity index (χ4v) is 4.21. The van der Waals surface area contributed by atoms with Crippen LogP contribution in [0.2, 0.25) is 0 Å². The van der Waals surface area contributed by atoms with Gasteiger partial charge < -0.3 is 10.2 Å². The van der Waals surface area contributed by atoms with Gasteiger partial charge in [-0.25, -0.2) is 9.36 Å². The lowest BCUT2D eigenvalue weighted by molar-refractivity contribution is 0.0616. The number of phenols is 1. The number of carbonyl (C=O) groups excluding carboxylic acids is 2. The van der Waals surface area contributed by atoms with Crippen molar-refractivity contribution in [3.8, 4) is 17.3 Å². The molecule has 0 fully saturated rings. The molecule has 174 valence electrons. The minimum Gasteiger partial charge on any atom is -0.508 e. The van der Waals surface area contributed by atoms with Crippen LogP contribution in [-0.2, 0) is 0 Å². The highest BCUT2D eigenvalue weighted by Crippen LogP contribution is 2.33. The second-order valence-corrected chi connectivity index (χ2v) is 8.68. The zero-order valence-corrected chi connectivity index (χ0v) is 19.5. The van der Waals surface area contributed by atoms with Gasteiger partial charge in [-0.15, -0.1) is 0 Å². The molecule has 0 saturated heterocycles. The summed E-state index contributed by atoms with van der Waals surface area (Å²) in [6.45, 7) is 1.79. The Morgan fingerprint density at radius 2 is 1.71 bits per heavy atom. The van der Waals surface area contributed by atoms with E-state index in [1.54, 1.807) is 37.3 Å². The van der Waals surface area contributed by atoms with Crippen LogP contribution in [0.1, 0.15) is 31.8 Å². The number of phenolic OH excluding ortho intramolecular Hbond substituents is 1. The number of aromatic hydroxyl groups is 2. The number of hydrogen-bond donors (Lipinski definition) is 3. The Balaban J connectivity index is 1.62. The summed E-state index contributed by atoms with van der Waals surface area (Å²) in [7, 11) is 0. The van der Waals surface area contributed by atoms with E-state index < -0.39 is 34.5 Å².